The highest BCUT2D eigenvalue weighted by molar-refractivity contribution is 5.72. The van der Waals surface area contributed by atoms with E-state index in [1.54, 1.807) is 6.92 Å². The largest absolute Gasteiger partial charge is 0.385 e. The molecule has 1 radical (unpaired) electrons. The quantitative estimate of drug-likeness (QED) is 0.410. The first-order valence-corrected chi connectivity index (χ1v) is 1.51. The molecule has 0 amide bonds. The van der Waals surface area contributed by atoms with Crippen LogP contribution in [0.2, 0.25) is 0 Å². The lowest BCUT2D eigenvalue weighted by Gasteiger charge is -1.61. The fraction of sp³-hybridized carbons (Fsp3) is 0.500. The summed E-state index contributed by atoms with van der Waals surface area (Å²) in [6, 6.07) is 0. The first-order valence-electron chi connectivity index (χ1n) is 1.51. The first kappa shape index (κ1) is 3.27. The van der Waals surface area contributed by atoms with Crippen LogP contribution in [0, 0.1) is 0 Å². The Morgan fingerprint density at radius 3 is 2.83 bits per heavy atom. The molecule has 1 rings (SSSR count). The summed E-state index contributed by atoms with van der Waals surface area (Å²) in [6.07, 6.45) is 0. The molecule has 0 unspecified atom stereocenters. The van der Waals surface area contributed by atoms with Crippen LogP contribution in [0.5, 0.6) is 0 Å². The highest BCUT2D eigenvalue weighted by Gasteiger charge is 2.08. The van der Waals surface area contributed by atoms with E-state index in [1.807, 2.05) is 0 Å². The predicted octanol–water partition coefficient (Wildman–Crippen LogP) is 0.0530. The van der Waals surface area contributed by atoms with Crippen LogP contribution in [-0.4, -0.2) is 5.90 Å². The zero-order valence-electron chi connectivity index (χ0n) is 3.25. The van der Waals surface area contributed by atoms with Crippen molar-refractivity contribution in [3.8, 4) is 0 Å². The predicted molar refractivity (Wildman–Crippen MR) is 18.8 cm³/mol. The highest BCUT2D eigenvalue weighted by atomic mass is 16.7. The zero-order chi connectivity index (χ0) is 4.41. The van der Waals surface area contributed by atoms with E-state index in [1.165, 1.54) is 0 Å². The minimum atomic E-state index is 0.495. The van der Waals surface area contributed by atoms with Crippen LogP contribution in [0.25, 0.3) is 0 Å². The van der Waals surface area contributed by atoms with Crippen molar-refractivity contribution in [1.29, 1.82) is 0 Å². The first-order chi connectivity index (χ1) is 2.89. The van der Waals surface area contributed by atoms with Gasteiger partial charge in [0.1, 0.15) is 5.10 Å². The van der Waals surface area contributed by atoms with E-state index in [0.717, 1.165) is 0 Å². The third kappa shape index (κ3) is 0.357. The molecule has 0 saturated carbocycles. The van der Waals surface area contributed by atoms with Crippen molar-refractivity contribution in [3.05, 3.63) is 0 Å². The summed E-state index contributed by atoms with van der Waals surface area (Å²) in [5.41, 5.74) is 0. The van der Waals surface area contributed by atoms with Crippen molar-refractivity contribution >= 4 is 5.90 Å². The molecule has 0 bridgehead atoms. The summed E-state index contributed by atoms with van der Waals surface area (Å²) in [4.78, 5) is 4.36. The Balaban J connectivity index is 2.61. The third-order valence-corrected chi connectivity index (χ3v) is 0.395. The lowest BCUT2D eigenvalue weighted by molar-refractivity contribution is 0.249. The fourth-order valence-corrected chi connectivity index (χ4v) is 0.177. The lowest BCUT2D eigenvalue weighted by atomic mass is 10.8. The molecule has 6 heavy (non-hydrogen) atoms. The van der Waals surface area contributed by atoms with Gasteiger partial charge in [0.2, 0.25) is 5.22 Å². The van der Waals surface area contributed by atoms with Crippen LogP contribution in [0.3, 0.4) is 0 Å². The molecule has 4 heteroatoms. The molecule has 0 atom stereocenters. The average molecular weight is 85.1 g/mol. The van der Waals surface area contributed by atoms with E-state index in [4.69, 9.17) is 0 Å². The van der Waals surface area contributed by atoms with Gasteiger partial charge in [-0.15, -0.1) is 0 Å². The number of hydrogen-bond acceptors (Lipinski definition) is 4. The molecule has 1 heterocycles. The van der Waals surface area contributed by atoms with Crippen molar-refractivity contribution in [2.24, 2.45) is 10.3 Å². The molecule has 1 aliphatic rings. The monoisotopic (exact) mass is 85.0 g/mol. The lowest BCUT2D eigenvalue weighted by Crippen LogP contribution is -1.90. The standard InChI is InChI=1S/C2H3N3O/c1-2-3-4-5-6-2/h1H3/q+1. The van der Waals surface area contributed by atoms with Gasteiger partial charge in [0.05, 0.1) is 0 Å². The summed E-state index contributed by atoms with van der Waals surface area (Å²) in [7, 11) is 0. The minimum Gasteiger partial charge on any atom is -0.191 e. The number of rotatable bonds is 0. The maximum absolute atomic E-state index is 4.36. The van der Waals surface area contributed by atoms with Crippen LogP contribution in [0.1, 0.15) is 6.92 Å². The van der Waals surface area contributed by atoms with Gasteiger partial charge in [-0.25, -0.2) is 0 Å². The summed E-state index contributed by atoms with van der Waals surface area (Å²) in [5.74, 6) is 0.495. The molecule has 0 saturated heterocycles. The van der Waals surface area contributed by atoms with Gasteiger partial charge in [-0.05, 0) is 0 Å². The second-order valence-corrected chi connectivity index (χ2v) is 0.881. The Kier molecular flexibility index (Phi) is 0.567. The Morgan fingerprint density at radius 1 is 1.83 bits per heavy atom. The average Bonchev–Trinajstić information content (AvgIpc) is 1.86. The maximum atomic E-state index is 4.36. The van der Waals surface area contributed by atoms with Crippen molar-refractivity contribution in [2.75, 3.05) is 0 Å². The van der Waals surface area contributed by atoms with Crippen molar-refractivity contribution in [1.82, 2.24) is 5.28 Å². The van der Waals surface area contributed by atoms with E-state index in [9.17, 15) is 0 Å². The second kappa shape index (κ2) is 1.04. The van der Waals surface area contributed by atoms with Gasteiger partial charge in [-0.3, -0.25) is 0 Å². The van der Waals surface area contributed by atoms with Gasteiger partial charge in [0.15, 0.2) is 0 Å². The molecular weight excluding hydrogens is 82.0 g/mol. The Hall–Kier alpha value is -0.930. The van der Waals surface area contributed by atoms with Gasteiger partial charge in [-0.1, -0.05) is 0 Å². The molecule has 0 N–H and O–H groups in total. The molecule has 0 spiro atoms. The van der Waals surface area contributed by atoms with Crippen molar-refractivity contribution < 1.29 is 4.84 Å². The van der Waals surface area contributed by atoms with E-state index < -0.39 is 0 Å². The van der Waals surface area contributed by atoms with Crippen molar-refractivity contribution in [3.63, 3.8) is 0 Å². The Labute approximate surface area is 34.5 Å². The zero-order valence-corrected chi connectivity index (χ0v) is 3.25. The molecule has 31 valence electrons. The second-order valence-electron chi connectivity index (χ2n) is 0.881. The molecule has 0 aliphatic carbocycles. The van der Waals surface area contributed by atoms with Crippen LogP contribution >= 0.6 is 0 Å². The Morgan fingerprint density at radius 2 is 2.67 bits per heavy atom. The van der Waals surface area contributed by atoms with Crippen LogP contribution in [0.15, 0.2) is 10.3 Å². The van der Waals surface area contributed by atoms with Crippen LogP contribution in [-0.2, 0) is 4.84 Å². The van der Waals surface area contributed by atoms with Gasteiger partial charge in [-0.2, -0.15) is 4.84 Å². The fourth-order valence-electron chi connectivity index (χ4n) is 0.177. The summed E-state index contributed by atoms with van der Waals surface area (Å²) >= 11 is 0. The van der Waals surface area contributed by atoms with E-state index >= 15 is 0 Å². The number of hydrogen-bond donors (Lipinski definition) is 0. The van der Waals surface area contributed by atoms with Gasteiger partial charge in [0, 0.05) is 6.92 Å². The van der Waals surface area contributed by atoms with Crippen LogP contribution < -0.4 is 5.28 Å². The van der Waals surface area contributed by atoms with Gasteiger partial charge < -0.3 is 0 Å². The molecule has 0 fully saturated rings. The summed E-state index contributed by atoms with van der Waals surface area (Å²) in [5, 5.41) is 9.63. The van der Waals surface area contributed by atoms with E-state index in [0.29, 0.717) is 5.90 Å². The highest BCUT2D eigenvalue weighted by Crippen LogP contribution is 1.83. The smallest absolute Gasteiger partial charge is 0.191 e. The maximum Gasteiger partial charge on any atom is 0.385 e. The molecule has 0 aromatic heterocycles. The van der Waals surface area contributed by atoms with Crippen molar-refractivity contribution in [2.45, 2.75) is 6.92 Å². The molecule has 0 aromatic carbocycles. The normalized spacial score (nSPS) is 17.2. The summed E-state index contributed by atoms with van der Waals surface area (Å²) in [6.45, 7) is 1.68. The molecule has 4 nitrogen and oxygen atoms in total. The van der Waals surface area contributed by atoms with Gasteiger partial charge >= 0.3 is 5.90 Å². The SMILES string of the molecule is CC1=NN=[N+]O1. The summed E-state index contributed by atoms with van der Waals surface area (Å²) < 4.78 is 0. The van der Waals surface area contributed by atoms with E-state index in [2.05, 4.69) is 20.4 Å². The van der Waals surface area contributed by atoms with Gasteiger partial charge in [0.25, 0.3) is 5.28 Å². The molecule has 1 aliphatic heterocycles. The minimum absolute atomic E-state index is 0.495. The molecule has 0 aromatic rings. The van der Waals surface area contributed by atoms with E-state index in [-0.39, 0.29) is 0 Å². The number of nitrogens with zero attached hydrogens (tertiary/aromatic N) is 3. The third-order valence-electron chi connectivity index (χ3n) is 0.395. The molecular formula is C2H3N3O+. The topological polar surface area (TPSA) is 48.0 Å². The Bertz CT molecular complexity index is 105. The van der Waals surface area contributed by atoms with Crippen LogP contribution in [0.4, 0.5) is 0 Å².